The molecule has 0 aliphatic carbocycles. The van der Waals surface area contributed by atoms with Gasteiger partial charge in [0.2, 0.25) is 5.95 Å². The van der Waals surface area contributed by atoms with Gasteiger partial charge in [-0.1, -0.05) is 17.7 Å². The van der Waals surface area contributed by atoms with Crippen LogP contribution in [0.3, 0.4) is 0 Å². The highest BCUT2D eigenvalue weighted by Gasteiger charge is 2.27. The zero-order chi connectivity index (χ0) is 18.5. The first-order chi connectivity index (χ1) is 12.6. The first kappa shape index (κ1) is 19.1. The van der Waals surface area contributed by atoms with Crippen molar-refractivity contribution >= 4 is 35.1 Å². The molecule has 0 saturated carbocycles. The molecule has 140 valence electrons. The summed E-state index contributed by atoms with van der Waals surface area (Å²) in [4.78, 5) is 10.8. The van der Waals surface area contributed by atoms with E-state index in [-0.39, 0.29) is 12.0 Å². The Bertz CT molecular complexity index is 742. The third-order valence-electron chi connectivity index (χ3n) is 4.17. The fourth-order valence-corrected chi connectivity index (χ4v) is 3.58. The summed E-state index contributed by atoms with van der Waals surface area (Å²) < 4.78 is 11.5. The molecule has 1 aromatic heterocycles. The zero-order valence-corrected chi connectivity index (χ0v) is 16.5. The smallest absolute Gasteiger partial charge is 0.222 e. The molecule has 1 atom stereocenters. The van der Waals surface area contributed by atoms with Crippen LogP contribution in [0.2, 0.25) is 5.02 Å². The number of aryl methyl sites for hydroxylation is 1. The highest BCUT2D eigenvalue weighted by atomic mass is 35.5. The summed E-state index contributed by atoms with van der Waals surface area (Å²) in [7, 11) is 0. The Morgan fingerprint density at radius 3 is 2.96 bits per heavy atom. The van der Waals surface area contributed by atoms with E-state index >= 15 is 0 Å². The van der Waals surface area contributed by atoms with Crippen LogP contribution in [0.4, 0.5) is 11.8 Å². The van der Waals surface area contributed by atoms with Crippen LogP contribution in [0.25, 0.3) is 0 Å². The van der Waals surface area contributed by atoms with Gasteiger partial charge in [-0.15, -0.1) is 11.8 Å². The molecule has 0 radical (unpaired) electrons. The summed E-state index contributed by atoms with van der Waals surface area (Å²) in [5.74, 6) is 2.42. The van der Waals surface area contributed by atoms with Crippen molar-refractivity contribution < 1.29 is 9.47 Å². The number of ether oxygens (including phenoxy) is 2. The van der Waals surface area contributed by atoms with Crippen molar-refractivity contribution in [1.29, 1.82) is 0 Å². The van der Waals surface area contributed by atoms with Crippen molar-refractivity contribution in [2.75, 3.05) is 42.6 Å². The molecule has 8 heteroatoms. The third-order valence-corrected chi connectivity index (χ3v) is 4.85. The summed E-state index contributed by atoms with van der Waals surface area (Å²) in [6.07, 6.45) is 2.90. The molecule has 2 heterocycles. The number of hydrogen-bond acceptors (Lipinski definition) is 7. The number of anilines is 2. The fraction of sp³-hybridized carbons (Fsp3) is 0.444. The quantitative estimate of drug-likeness (QED) is 0.775. The Morgan fingerprint density at radius 1 is 1.38 bits per heavy atom. The molecule has 1 saturated heterocycles. The first-order valence-corrected chi connectivity index (χ1v) is 10.2. The SMILES string of the molecule is CSCOc1ccc([C@@H]2COCCCN2c2cc(C)nc(N)n2)c(Cl)c1. The molecule has 0 amide bonds. The second-order valence-corrected chi connectivity index (χ2v) is 7.32. The van der Waals surface area contributed by atoms with Crippen LogP contribution in [0.1, 0.15) is 23.7 Å². The number of nitrogen functional groups attached to an aromatic ring is 1. The first-order valence-electron chi connectivity index (χ1n) is 8.45. The summed E-state index contributed by atoms with van der Waals surface area (Å²) in [6.45, 7) is 3.96. The highest BCUT2D eigenvalue weighted by Crippen LogP contribution is 2.35. The number of aromatic nitrogens is 2. The van der Waals surface area contributed by atoms with E-state index in [1.807, 2.05) is 37.4 Å². The van der Waals surface area contributed by atoms with Crippen molar-refractivity contribution in [3.8, 4) is 5.75 Å². The average molecular weight is 395 g/mol. The number of halogens is 1. The van der Waals surface area contributed by atoms with Gasteiger partial charge in [0.25, 0.3) is 0 Å². The van der Waals surface area contributed by atoms with Crippen LogP contribution in [-0.2, 0) is 4.74 Å². The van der Waals surface area contributed by atoms with Crippen LogP contribution in [0.15, 0.2) is 24.3 Å². The lowest BCUT2D eigenvalue weighted by molar-refractivity contribution is 0.134. The minimum absolute atomic E-state index is 0.0479. The van der Waals surface area contributed by atoms with Gasteiger partial charge in [0.15, 0.2) is 0 Å². The van der Waals surface area contributed by atoms with E-state index in [0.29, 0.717) is 24.2 Å². The summed E-state index contributed by atoms with van der Waals surface area (Å²) in [5, 5.41) is 0.655. The van der Waals surface area contributed by atoms with Gasteiger partial charge in [-0.25, -0.2) is 4.98 Å². The van der Waals surface area contributed by atoms with Crippen LogP contribution in [0, 0.1) is 6.92 Å². The van der Waals surface area contributed by atoms with Gasteiger partial charge in [-0.05, 0) is 37.3 Å². The molecule has 2 aromatic rings. The largest absolute Gasteiger partial charge is 0.483 e. The molecule has 0 bridgehead atoms. The van der Waals surface area contributed by atoms with Crippen LogP contribution < -0.4 is 15.4 Å². The number of rotatable bonds is 5. The molecule has 0 spiro atoms. The number of hydrogen-bond donors (Lipinski definition) is 1. The van der Waals surface area contributed by atoms with Gasteiger partial charge in [-0.2, -0.15) is 4.98 Å². The molecule has 2 N–H and O–H groups in total. The van der Waals surface area contributed by atoms with Gasteiger partial charge >= 0.3 is 0 Å². The maximum atomic E-state index is 6.58. The second kappa shape index (κ2) is 8.79. The molecule has 6 nitrogen and oxygen atoms in total. The Balaban J connectivity index is 1.94. The highest BCUT2D eigenvalue weighted by molar-refractivity contribution is 7.98. The predicted molar refractivity (Wildman–Crippen MR) is 107 cm³/mol. The number of thioether (sulfide) groups is 1. The van der Waals surface area contributed by atoms with Gasteiger partial charge < -0.3 is 20.1 Å². The minimum Gasteiger partial charge on any atom is -0.483 e. The minimum atomic E-state index is -0.0479. The Kier molecular flexibility index (Phi) is 6.45. The Morgan fingerprint density at radius 2 is 2.23 bits per heavy atom. The van der Waals surface area contributed by atoms with Gasteiger partial charge in [0, 0.05) is 29.9 Å². The van der Waals surface area contributed by atoms with Crippen molar-refractivity contribution in [3.63, 3.8) is 0 Å². The van der Waals surface area contributed by atoms with Gasteiger partial charge in [0.1, 0.15) is 17.5 Å². The fourth-order valence-electron chi connectivity index (χ4n) is 3.03. The molecule has 1 aliphatic rings. The lowest BCUT2D eigenvalue weighted by Crippen LogP contribution is -2.32. The van der Waals surface area contributed by atoms with Crippen molar-refractivity contribution in [3.05, 3.63) is 40.5 Å². The number of benzene rings is 1. The molecular formula is C18H23ClN4O2S. The lowest BCUT2D eigenvalue weighted by Gasteiger charge is -2.31. The zero-order valence-electron chi connectivity index (χ0n) is 14.9. The summed E-state index contributed by atoms with van der Waals surface area (Å²) in [6, 6.07) is 7.70. The van der Waals surface area contributed by atoms with Crippen molar-refractivity contribution in [2.45, 2.75) is 19.4 Å². The van der Waals surface area contributed by atoms with Crippen LogP contribution in [0.5, 0.6) is 5.75 Å². The molecule has 1 fully saturated rings. The molecule has 26 heavy (non-hydrogen) atoms. The lowest BCUT2D eigenvalue weighted by atomic mass is 10.1. The van der Waals surface area contributed by atoms with Gasteiger partial charge in [-0.3, -0.25) is 0 Å². The number of nitrogens with zero attached hydrogens (tertiary/aromatic N) is 3. The average Bonchev–Trinajstić information content (AvgIpc) is 2.85. The summed E-state index contributed by atoms with van der Waals surface area (Å²) in [5.41, 5.74) is 7.68. The maximum absolute atomic E-state index is 6.58. The predicted octanol–water partition coefficient (Wildman–Crippen LogP) is 3.69. The van der Waals surface area contributed by atoms with Crippen molar-refractivity contribution in [1.82, 2.24) is 9.97 Å². The van der Waals surface area contributed by atoms with E-state index in [1.165, 1.54) is 0 Å². The second-order valence-electron chi connectivity index (χ2n) is 6.10. The summed E-state index contributed by atoms with van der Waals surface area (Å²) >= 11 is 8.20. The Hall–Kier alpha value is -1.70. The molecule has 0 unspecified atom stereocenters. The molecule has 3 rings (SSSR count). The van der Waals surface area contributed by atoms with E-state index < -0.39 is 0 Å². The standard InChI is InChI=1S/C18H23ClN4O2S/c1-12-8-17(22-18(20)21-12)23-6-3-7-24-10-16(23)14-5-4-13(9-15(14)19)25-11-26-2/h4-5,8-9,16H,3,6-7,10-11H2,1-2H3,(H2,20,21,22)/t16-/m0/s1. The van der Waals surface area contributed by atoms with E-state index in [0.717, 1.165) is 35.8 Å². The van der Waals surface area contributed by atoms with E-state index in [2.05, 4.69) is 14.9 Å². The van der Waals surface area contributed by atoms with Crippen LogP contribution in [-0.4, -0.2) is 41.9 Å². The number of nitrogens with two attached hydrogens (primary N) is 1. The van der Waals surface area contributed by atoms with Crippen molar-refractivity contribution in [2.24, 2.45) is 0 Å². The normalized spacial score (nSPS) is 17.8. The maximum Gasteiger partial charge on any atom is 0.222 e. The molecule has 1 aliphatic heterocycles. The van der Waals surface area contributed by atoms with E-state index in [4.69, 9.17) is 26.8 Å². The topological polar surface area (TPSA) is 73.5 Å². The van der Waals surface area contributed by atoms with Gasteiger partial charge in [0.05, 0.1) is 12.6 Å². The van der Waals surface area contributed by atoms with E-state index in [9.17, 15) is 0 Å². The molecule has 1 aromatic carbocycles. The van der Waals surface area contributed by atoms with Crippen LogP contribution >= 0.6 is 23.4 Å². The molecular weight excluding hydrogens is 372 g/mol. The third kappa shape index (κ3) is 4.52. The Labute approximate surface area is 163 Å². The monoisotopic (exact) mass is 394 g/mol. The van der Waals surface area contributed by atoms with E-state index in [1.54, 1.807) is 11.8 Å².